The fourth-order valence-electron chi connectivity index (χ4n) is 4.58. The minimum atomic E-state index is -0.621. The zero-order chi connectivity index (χ0) is 23.0. The number of hydrogen-bond donors (Lipinski definition) is 2. The molecule has 0 aliphatic heterocycles. The molecule has 6 nitrogen and oxygen atoms in total. The molecule has 6 heteroatoms. The molecule has 0 spiro atoms. The normalized spacial score (nSPS) is 24.3. The molecule has 4 rings (SSSR count). The van der Waals surface area contributed by atoms with Crippen LogP contribution in [0.4, 0.5) is 0 Å². The number of rotatable bonds is 6. The molecule has 2 N–H and O–H groups in total. The highest BCUT2D eigenvalue weighted by molar-refractivity contribution is 6.06. The van der Waals surface area contributed by atoms with Crippen LogP contribution in [-0.4, -0.2) is 33.7 Å². The Bertz CT molecular complexity index is 1030. The average Bonchev–Trinajstić information content (AvgIpc) is 3.47. The molecule has 0 saturated heterocycles. The summed E-state index contributed by atoms with van der Waals surface area (Å²) in [7, 11) is 0. The van der Waals surface area contributed by atoms with Crippen molar-refractivity contribution in [1.29, 1.82) is 0 Å². The second-order valence-corrected chi connectivity index (χ2v) is 10.8. The molecule has 172 valence electrons. The van der Waals surface area contributed by atoms with Crippen molar-refractivity contribution in [1.82, 2.24) is 20.4 Å². The number of nitrogens with one attached hydrogen (secondary N) is 2. The lowest BCUT2D eigenvalue weighted by Crippen LogP contribution is -2.54. The van der Waals surface area contributed by atoms with E-state index in [0.29, 0.717) is 23.4 Å². The van der Waals surface area contributed by atoms with Crippen molar-refractivity contribution in [3.63, 3.8) is 0 Å². The van der Waals surface area contributed by atoms with E-state index >= 15 is 0 Å². The van der Waals surface area contributed by atoms with Crippen molar-refractivity contribution in [2.24, 2.45) is 23.2 Å². The van der Waals surface area contributed by atoms with Gasteiger partial charge >= 0.3 is 0 Å². The lowest BCUT2D eigenvalue weighted by molar-refractivity contribution is -0.125. The lowest BCUT2D eigenvalue weighted by atomic mass is 9.80. The van der Waals surface area contributed by atoms with Gasteiger partial charge in [-0.2, -0.15) is 5.10 Å². The number of amides is 2. The van der Waals surface area contributed by atoms with Crippen LogP contribution in [0.5, 0.6) is 0 Å². The van der Waals surface area contributed by atoms with E-state index in [1.54, 1.807) is 0 Å². The molecule has 4 unspecified atom stereocenters. The van der Waals surface area contributed by atoms with E-state index in [1.807, 2.05) is 49.7 Å². The third-order valence-electron chi connectivity index (χ3n) is 6.77. The summed E-state index contributed by atoms with van der Waals surface area (Å²) >= 11 is 0. The molecule has 32 heavy (non-hydrogen) atoms. The summed E-state index contributed by atoms with van der Waals surface area (Å²) in [4.78, 5) is 26.2. The summed E-state index contributed by atoms with van der Waals surface area (Å²) in [6, 6.07) is 7.50. The van der Waals surface area contributed by atoms with Crippen LogP contribution in [-0.2, 0) is 11.3 Å². The first-order chi connectivity index (χ1) is 15.1. The molecule has 2 aliphatic carbocycles. The molecule has 1 fully saturated rings. The predicted octanol–water partition coefficient (Wildman–Crippen LogP) is 4.31. The van der Waals surface area contributed by atoms with Gasteiger partial charge in [0.1, 0.15) is 6.04 Å². The highest BCUT2D eigenvalue weighted by atomic mass is 16.2. The molecule has 0 bridgehead atoms. The van der Waals surface area contributed by atoms with E-state index in [9.17, 15) is 9.59 Å². The highest BCUT2D eigenvalue weighted by Gasteiger charge is 2.36. The number of nitrogens with zero attached hydrogens (tertiary/aromatic N) is 2. The van der Waals surface area contributed by atoms with Crippen molar-refractivity contribution >= 4 is 22.7 Å². The molecule has 0 radical (unpaired) electrons. The average molecular weight is 437 g/mol. The SMILES string of the molecule is CC1C=CC(C)C(Cn2nc(C(=O)NC(C(=O)NC3CC3)C(C)(C)C)c3ccccc32)C1. The van der Waals surface area contributed by atoms with Crippen molar-refractivity contribution < 1.29 is 9.59 Å². The van der Waals surface area contributed by atoms with Crippen LogP contribution in [0.2, 0.25) is 0 Å². The topological polar surface area (TPSA) is 76.0 Å². The largest absolute Gasteiger partial charge is 0.352 e. The molecule has 1 saturated carbocycles. The molecule has 2 aromatic rings. The molecule has 1 aromatic carbocycles. The van der Waals surface area contributed by atoms with Gasteiger partial charge < -0.3 is 10.6 Å². The summed E-state index contributed by atoms with van der Waals surface area (Å²) in [5, 5.41) is 11.6. The minimum Gasteiger partial charge on any atom is -0.352 e. The predicted molar refractivity (Wildman–Crippen MR) is 127 cm³/mol. The summed E-state index contributed by atoms with van der Waals surface area (Å²) in [6.45, 7) is 11.2. The van der Waals surface area contributed by atoms with E-state index < -0.39 is 11.5 Å². The molecule has 2 amide bonds. The Morgan fingerprint density at radius 1 is 1.16 bits per heavy atom. The van der Waals surface area contributed by atoms with Crippen molar-refractivity contribution in [2.45, 2.75) is 72.5 Å². The van der Waals surface area contributed by atoms with Crippen LogP contribution in [0.25, 0.3) is 10.9 Å². The Balaban J connectivity index is 1.60. The van der Waals surface area contributed by atoms with Crippen LogP contribution < -0.4 is 10.6 Å². The fourth-order valence-corrected chi connectivity index (χ4v) is 4.58. The number of fused-ring (bicyclic) bond motifs is 1. The maximum Gasteiger partial charge on any atom is 0.273 e. The van der Waals surface area contributed by atoms with Gasteiger partial charge in [-0.1, -0.05) is 65.0 Å². The molecule has 1 aromatic heterocycles. The standard InChI is InChI=1S/C26H36N4O2/c1-16-10-11-17(2)18(14-16)15-30-21-9-7-6-8-20(21)22(29-30)24(31)28-23(26(3,4)5)25(32)27-19-12-13-19/h6-11,16-19,23H,12-15H2,1-5H3,(H,27,32)(H,28,31). The fraction of sp³-hybridized carbons (Fsp3) is 0.577. The maximum absolute atomic E-state index is 13.4. The lowest BCUT2D eigenvalue weighted by Gasteiger charge is -2.30. The zero-order valence-corrected chi connectivity index (χ0v) is 19.9. The van der Waals surface area contributed by atoms with Crippen LogP contribution in [0, 0.1) is 23.2 Å². The Morgan fingerprint density at radius 2 is 1.88 bits per heavy atom. The van der Waals surface area contributed by atoms with Gasteiger partial charge in [0.25, 0.3) is 5.91 Å². The van der Waals surface area contributed by atoms with Crippen LogP contribution >= 0.6 is 0 Å². The Morgan fingerprint density at radius 3 is 2.56 bits per heavy atom. The van der Waals surface area contributed by atoms with Gasteiger partial charge in [-0.3, -0.25) is 14.3 Å². The first kappa shape index (κ1) is 22.6. The first-order valence-corrected chi connectivity index (χ1v) is 11.9. The van der Waals surface area contributed by atoms with E-state index in [1.165, 1.54) is 0 Å². The number of allylic oxidation sites excluding steroid dienone is 2. The second kappa shape index (κ2) is 8.72. The van der Waals surface area contributed by atoms with Gasteiger partial charge in [-0.25, -0.2) is 0 Å². The van der Waals surface area contributed by atoms with Gasteiger partial charge in [0.15, 0.2) is 5.69 Å². The minimum absolute atomic E-state index is 0.117. The van der Waals surface area contributed by atoms with Gasteiger partial charge in [-0.15, -0.1) is 0 Å². The van der Waals surface area contributed by atoms with Crippen molar-refractivity contribution in [2.75, 3.05) is 0 Å². The highest BCUT2D eigenvalue weighted by Crippen LogP contribution is 2.31. The molecule has 1 heterocycles. The first-order valence-electron chi connectivity index (χ1n) is 11.9. The quantitative estimate of drug-likeness (QED) is 0.663. The molecular formula is C26H36N4O2. The third kappa shape index (κ3) is 4.89. The van der Waals surface area contributed by atoms with Gasteiger partial charge in [0.2, 0.25) is 5.91 Å². The van der Waals surface area contributed by atoms with E-state index in [-0.39, 0.29) is 17.9 Å². The van der Waals surface area contributed by atoms with Gasteiger partial charge in [-0.05, 0) is 48.5 Å². The van der Waals surface area contributed by atoms with Crippen LogP contribution in [0.1, 0.15) is 64.4 Å². The number of carbonyl (C=O) groups is 2. The third-order valence-corrected chi connectivity index (χ3v) is 6.77. The summed E-state index contributed by atoms with van der Waals surface area (Å²) < 4.78 is 1.98. The molecule has 2 aliphatic rings. The second-order valence-electron chi connectivity index (χ2n) is 10.8. The van der Waals surface area contributed by atoms with Crippen LogP contribution in [0.3, 0.4) is 0 Å². The van der Waals surface area contributed by atoms with Gasteiger partial charge in [0.05, 0.1) is 5.52 Å². The maximum atomic E-state index is 13.4. The Hall–Kier alpha value is -2.63. The monoisotopic (exact) mass is 436 g/mol. The van der Waals surface area contributed by atoms with E-state index in [2.05, 4.69) is 36.6 Å². The summed E-state index contributed by atoms with van der Waals surface area (Å²) in [5.41, 5.74) is 0.940. The van der Waals surface area contributed by atoms with Crippen molar-refractivity contribution in [3.05, 3.63) is 42.1 Å². The smallest absolute Gasteiger partial charge is 0.273 e. The zero-order valence-electron chi connectivity index (χ0n) is 19.9. The van der Waals surface area contributed by atoms with Gasteiger partial charge in [0, 0.05) is 18.0 Å². The van der Waals surface area contributed by atoms with Crippen molar-refractivity contribution in [3.8, 4) is 0 Å². The number of carbonyl (C=O) groups excluding carboxylic acids is 2. The van der Waals surface area contributed by atoms with E-state index in [0.717, 1.165) is 36.7 Å². The van der Waals surface area contributed by atoms with Crippen LogP contribution in [0.15, 0.2) is 36.4 Å². The molecule has 4 atom stereocenters. The number of hydrogen-bond acceptors (Lipinski definition) is 3. The summed E-state index contributed by atoms with van der Waals surface area (Å²) in [5.74, 6) is 1.09. The number of benzene rings is 1. The number of para-hydroxylation sites is 1. The number of aromatic nitrogens is 2. The molecular weight excluding hydrogens is 400 g/mol. The Labute approximate surface area is 190 Å². The summed E-state index contributed by atoms with van der Waals surface area (Å²) in [6.07, 6.45) is 7.73. The van der Waals surface area contributed by atoms with E-state index in [4.69, 9.17) is 5.10 Å². The Kier molecular flexibility index (Phi) is 6.15.